The number of piperidine rings is 2. The summed E-state index contributed by atoms with van der Waals surface area (Å²) in [6.07, 6.45) is 4.95. The van der Waals surface area contributed by atoms with Gasteiger partial charge < -0.3 is 16.0 Å². The highest BCUT2D eigenvalue weighted by atomic mass is 15.3. The van der Waals surface area contributed by atoms with Crippen molar-refractivity contribution in [1.82, 2.24) is 25.8 Å². The molecule has 5 heteroatoms. The van der Waals surface area contributed by atoms with E-state index in [1.165, 1.54) is 58.4 Å². The van der Waals surface area contributed by atoms with Gasteiger partial charge >= 0.3 is 0 Å². The fourth-order valence-electron chi connectivity index (χ4n) is 6.77. The van der Waals surface area contributed by atoms with E-state index in [1.54, 1.807) is 0 Å². The van der Waals surface area contributed by atoms with E-state index in [4.69, 9.17) is 0 Å². The Kier molecular flexibility index (Phi) is 6.78. The molecule has 0 bridgehead atoms. The molecule has 170 valence electrons. The summed E-state index contributed by atoms with van der Waals surface area (Å²) in [5.74, 6) is 0. The van der Waals surface area contributed by atoms with Gasteiger partial charge in [-0.05, 0) is 81.1 Å². The van der Waals surface area contributed by atoms with Crippen LogP contribution in [0.15, 0.2) is 0 Å². The lowest BCUT2D eigenvalue weighted by atomic mass is 9.79. The molecule has 0 spiro atoms. The molecule has 0 unspecified atom stereocenters. The number of piperazine rings is 1. The van der Waals surface area contributed by atoms with Crippen LogP contribution in [0.2, 0.25) is 0 Å². The molecule has 0 aliphatic carbocycles. The summed E-state index contributed by atoms with van der Waals surface area (Å²) in [6, 6.07) is 1.35. The van der Waals surface area contributed by atoms with Crippen molar-refractivity contribution in [3.8, 4) is 0 Å². The van der Waals surface area contributed by atoms with Crippen LogP contribution in [0.1, 0.15) is 81.1 Å². The summed E-state index contributed by atoms with van der Waals surface area (Å²) in [5.41, 5.74) is 0.927. The zero-order chi connectivity index (χ0) is 21.5. The lowest BCUT2D eigenvalue weighted by molar-refractivity contribution is 0.0320. The van der Waals surface area contributed by atoms with Gasteiger partial charge in [0.1, 0.15) is 0 Å². The molecule has 3 saturated heterocycles. The van der Waals surface area contributed by atoms with Gasteiger partial charge in [0.15, 0.2) is 0 Å². The van der Waals surface area contributed by atoms with E-state index in [0.29, 0.717) is 6.04 Å². The van der Waals surface area contributed by atoms with Crippen molar-refractivity contribution in [3.63, 3.8) is 0 Å². The highest BCUT2D eigenvalue weighted by Crippen LogP contribution is 2.32. The second-order valence-electron chi connectivity index (χ2n) is 12.8. The molecule has 3 heterocycles. The predicted molar refractivity (Wildman–Crippen MR) is 125 cm³/mol. The van der Waals surface area contributed by atoms with Crippen LogP contribution in [0.25, 0.3) is 0 Å². The Labute approximate surface area is 180 Å². The first-order valence-electron chi connectivity index (χ1n) is 12.0. The van der Waals surface area contributed by atoms with E-state index in [-0.39, 0.29) is 22.2 Å². The maximum atomic E-state index is 3.87. The van der Waals surface area contributed by atoms with Crippen molar-refractivity contribution in [1.29, 1.82) is 0 Å². The summed E-state index contributed by atoms with van der Waals surface area (Å²) >= 11 is 0. The van der Waals surface area contributed by atoms with Gasteiger partial charge in [-0.15, -0.1) is 0 Å². The zero-order valence-corrected chi connectivity index (χ0v) is 20.6. The second kappa shape index (κ2) is 8.38. The summed E-state index contributed by atoms with van der Waals surface area (Å²) in [4.78, 5) is 5.43. The molecular weight excluding hydrogens is 358 g/mol. The molecule has 3 aliphatic heterocycles. The fourth-order valence-corrected chi connectivity index (χ4v) is 6.77. The molecule has 0 aromatic carbocycles. The molecule has 0 aromatic rings. The maximum Gasteiger partial charge on any atom is 0.0145 e. The molecule has 0 amide bonds. The molecule has 3 N–H and O–H groups in total. The van der Waals surface area contributed by atoms with Gasteiger partial charge in [0.2, 0.25) is 0 Å². The van der Waals surface area contributed by atoms with Crippen LogP contribution in [-0.2, 0) is 0 Å². The Bertz CT molecular complexity index is 511. The first kappa shape index (κ1) is 23.5. The van der Waals surface area contributed by atoms with Crippen LogP contribution in [0.4, 0.5) is 0 Å². The molecule has 0 radical (unpaired) electrons. The molecule has 0 aromatic heterocycles. The van der Waals surface area contributed by atoms with E-state index in [2.05, 4.69) is 81.1 Å². The van der Waals surface area contributed by atoms with Gasteiger partial charge in [0.25, 0.3) is 0 Å². The van der Waals surface area contributed by atoms with E-state index in [1.807, 2.05) is 0 Å². The smallest absolute Gasteiger partial charge is 0.0145 e. The van der Waals surface area contributed by atoms with Crippen molar-refractivity contribution in [2.24, 2.45) is 0 Å². The third kappa shape index (κ3) is 6.90. The Morgan fingerprint density at radius 3 is 1.62 bits per heavy atom. The van der Waals surface area contributed by atoms with Gasteiger partial charge in [-0.25, -0.2) is 0 Å². The monoisotopic (exact) mass is 407 g/mol. The number of nitrogens with zero attached hydrogens (tertiary/aromatic N) is 2. The third-order valence-electron chi connectivity index (χ3n) is 7.14. The Morgan fingerprint density at radius 1 is 0.690 bits per heavy atom. The maximum absolute atomic E-state index is 3.87. The van der Waals surface area contributed by atoms with Crippen LogP contribution in [0, 0.1) is 0 Å². The summed E-state index contributed by atoms with van der Waals surface area (Å²) in [7, 11) is 0. The van der Waals surface area contributed by atoms with Crippen LogP contribution in [0.3, 0.4) is 0 Å². The minimum Gasteiger partial charge on any atom is -0.313 e. The van der Waals surface area contributed by atoms with Gasteiger partial charge in [-0.1, -0.05) is 0 Å². The Hall–Kier alpha value is -0.200. The molecule has 5 nitrogen and oxygen atoms in total. The minimum absolute atomic E-state index is 0.224. The molecule has 0 atom stereocenters. The van der Waals surface area contributed by atoms with Crippen molar-refractivity contribution in [2.75, 3.05) is 39.3 Å². The van der Waals surface area contributed by atoms with Gasteiger partial charge in [-0.3, -0.25) is 9.80 Å². The molecule has 29 heavy (non-hydrogen) atoms. The Balaban J connectivity index is 1.40. The van der Waals surface area contributed by atoms with Gasteiger partial charge in [-0.2, -0.15) is 0 Å². The minimum atomic E-state index is 0.224. The van der Waals surface area contributed by atoms with E-state index in [0.717, 1.165) is 12.6 Å². The highest BCUT2D eigenvalue weighted by molar-refractivity contribution is 5.01. The van der Waals surface area contributed by atoms with Crippen LogP contribution >= 0.6 is 0 Å². The number of hydrogen-bond acceptors (Lipinski definition) is 5. The number of nitrogens with one attached hydrogen (secondary N) is 3. The van der Waals surface area contributed by atoms with Crippen molar-refractivity contribution in [2.45, 2.75) is 115 Å². The highest BCUT2D eigenvalue weighted by Gasteiger charge is 2.40. The van der Waals surface area contributed by atoms with Crippen molar-refractivity contribution in [3.05, 3.63) is 0 Å². The van der Waals surface area contributed by atoms with E-state index >= 15 is 0 Å². The third-order valence-corrected chi connectivity index (χ3v) is 7.14. The normalized spacial score (nSPS) is 31.0. The molecule has 3 fully saturated rings. The number of rotatable bonds is 5. The molecule has 3 aliphatic rings. The van der Waals surface area contributed by atoms with Crippen LogP contribution < -0.4 is 16.0 Å². The van der Waals surface area contributed by atoms with Gasteiger partial charge in [0.05, 0.1) is 0 Å². The summed E-state index contributed by atoms with van der Waals surface area (Å²) < 4.78 is 0. The van der Waals surface area contributed by atoms with E-state index < -0.39 is 0 Å². The first-order valence-corrected chi connectivity index (χ1v) is 12.0. The summed E-state index contributed by atoms with van der Waals surface area (Å²) in [6.45, 7) is 26.0. The average molecular weight is 408 g/mol. The quantitative estimate of drug-likeness (QED) is 0.654. The lowest BCUT2D eigenvalue weighted by Crippen LogP contribution is -2.64. The van der Waals surface area contributed by atoms with Crippen molar-refractivity contribution >= 4 is 0 Å². The molecule has 0 saturated carbocycles. The average Bonchev–Trinajstić information content (AvgIpc) is 2.49. The standard InChI is InChI=1S/C24H49N5/c1-21(2)15-19(16-22(3,4)26-21)25-9-10-28-11-13-29(14-12-28)20-17-23(5,6)27-24(7,8)18-20/h19-20,25-27H,9-18H2,1-8H3. The first-order chi connectivity index (χ1) is 13.2. The molecule has 3 rings (SSSR count). The molecular formula is C24H49N5. The fraction of sp³-hybridized carbons (Fsp3) is 1.00. The lowest BCUT2D eigenvalue weighted by Gasteiger charge is -2.51. The zero-order valence-electron chi connectivity index (χ0n) is 20.6. The predicted octanol–water partition coefficient (Wildman–Crippen LogP) is 2.81. The van der Waals surface area contributed by atoms with Crippen LogP contribution in [-0.4, -0.2) is 83.3 Å². The van der Waals surface area contributed by atoms with Gasteiger partial charge in [0, 0.05) is 73.5 Å². The SMILES string of the molecule is CC1(C)CC(NCCN2CCN(C3CC(C)(C)NC(C)(C)C3)CC2)CC(C)(C)N1. The van der Waals surface area contributed by atoms with Crippen molar-refractivity contribution < 1.29 is 0 Å². The second-order valence-corrected chi connectivity index (χ2v) is 12.8. The number of hydrogen-bond donors (Lipinski definition) is 3. The largest absolute Gasteiger partial charge is 0.313 e. The Morgan fingerprint density at radius 2 is 1.14 bits per heavy atom. The topological polar surface area (TPSA) is 42.6 Å². The van der Waals surface area contributed by atoms with Crippen LogP contribution in [0.5, 0.6) is 0 Å². The van der Waals surface area contributed by atoms with E-state index in [9.17, 15) is 0 Å². The summed E-state index contributed by atoms with van der Waals surface area (Å²) in [5, 5.41) is 11.5.